The summed E-state index contributed by atoms with van der Waals surface area (Å²) in [5.41, 5.74) is 2.68. The van der Waals surface area contributed by atoms with E-state index < -0.39 is 0 Å². The molecule has 0 saturated carbocycles. The molecule has 0 bridgehead atoms. The molecular formula is C13H13ClN2O. The van der Waals surface area contributed by atoms with Gasteiger partial charge in [0.15, 0.2) is 0 Å². The first kappa shape index (κ1) is 12.0. The largest absolute Gasteiger partial charge is 0.383 e. The molecule has 0 atom stereocenters. The quantitative estimate of drug-likeness (QED) is 0.837. The van der Waals surface area contributed by atoms with Gasteiger partial charge in [-0.1, -0.05) is 23.7 Å². The number of ether oxygens (including phenoxy) is 1. The van der Waals surface area contributed by atoms with Crippen molar-refractivity contribution in [1.82, 2.24) is 4.57 Å². The predicted molar refractivity (Wildman–Crippen MR) is 68.3 cm³/mol. The number of hydrogen-bond donors (Lipinski definition) is 0. The molecule has 1 aromatic carbocycles. The second-order valence-corrected chi connectivity index (χ2v) is 4.30. The lowest BCUT2D eigenvalue weighted by atomic mass is 10.1. The van der Waals surface area contributed by atoms with E-state index in [1.165, 1.54) is 0 Å². The summed E-state index contributed by atoms with van der Waals surface area (Å²) < 4.78 is 6.98. The van der Waals surface area contributed by atoms with Crippen LogP contribution < -0.4 is 0 Å². The number of fused-ring (bicyclic) bond motifs is 1. The minimum absolute atomic E-state index is 0.491. The summed E-state index contributed by atoms with van der Waals surface area (Å²) in [6.07, 6.45) is 0. The van der Waals surface area contributed by atoms with Crippen molar-refractivity contribution in [2.75, 3.05) is 13.7 Å². The average molecular weight is 249 g/mol. The van der Waals surface area contributed by atoms with Crippen LogP contribution in [0.1, 0.15) is 11.1 Å². The maximum absolute atomic E-state index is 9.15. The molecule has 1 aromatic heterocycles. The number of nitriles is 1. The van der Waals surface area contributed by atoms with E-state index in [-0.39, 0.29) is 0 Å². The van der Waals surface area contributed by atoms with E-state index in [2.05, 4.69) is 6.07 Å². The van der Waals surface area contributed by atoms with Crippen LogP contribution in [0.2, 0.25) is 5.15 Å². The Morgan fingerprint density at radius 3 is 2.88 bits per heavy atom. The fraction of sp³-hybridized carbons (Fsp3) is 0.308. The average Bonchev–Trinajstić information content (AvgIpc) is 2.58. The highest BCUT2D eigenvalue weighted by molar-refractivity contribution is 6.32. The highest BCUT2D eigenvalue weighted by atomic mass is 35.5. The molecular weight excluding hydrogens is 236 g/mol. The molecule has 0 saturated heterocycles. The van der Waals surface area contributed by atoms with Gasteiger partial charge in [0.2, 0.25) is 0 Å². The highest BCUT2D eigenvalue weighted by Crippen LogP contribution is 2.30. The molecule has 2 rings (SSSR count). The molecule has 4 heteroatoms. The lowest BCUT2D eigenvalue weighted by molar-refractivity contribution is 0.188. The number of hydrogen-bond acceptors (Lipinski definition) is 2. The van der Waals surface area contributed by atoms with Crippen LogP contribution in [0.3, 0.4) is 0 Å². The summed E-state index contributed by atoms with van der Waals surface area (Å²) >= 11 is 6.23. The van der Waals surface area contributed by atoms with Crippen molar-refractivity contribution in [3.8, 4) is 6.07 Å². The molecule has 0 aliphatic rings. The van der Waals surface area contributed by atoms with Gasteiger partial charge in [0.25, 0.3) is 0 Å². The Morgan fingerprint density at radius 2 is 2.24 bits per heavy atom. The van der Waals surface area contributed by atoms with E-state index in [1.807, 2.05) is 29.7 Å². The number of benzene rings is 1. The fourth-order valence-electron chi connectivity index (χ4n) is 1.94. The smallest absolute Gasteiger partial charge is 0.128 e. The third kappa shape index (κ3) is 2.02. The highest BCUT2D eigenvalue weighted by Gasteiger charge is 2.14. The van der Waals surface area contributed by atoms with Crippen LogP contribution in [-0.4, -0.2) is 18.3 Å². The van der Waals surface area contributed by atoms with Gasteiger partial charge in [0.1, 0.15) is 11.2 Å². The van der Waals surface area contributed by atoms with Crippen LogP contribution in [0.15, 0.2) is 18.2 Å². The molecule has 0 spiro atoms. The summed E-state index contributed by atoms with van der Waals surface area (Å²) in [7, 11) is 1.65. The van der Waals surface area contributed by atoms with E-state index in [0.717, 1.165) is 16.5 Å². The Morgan fingerprint density at radius 1 is 1.47 bits per heavy atom. The summed E-state index contributed by atoms with van der Waals surface area (Å²) in [5.74, 6) is 0. The number of methoxy groups -OCH3 is 1. The first-order valence-electron chi connectivity index (χ1n) is 5.36. The van der Waals surface area contributed by atoms with E-state index in [4.69, 9.17) is 21.6 Å². The number of nitrogens with zero attached hydrogens (tertiary/aromatic N) is 2. The van der Waals surface area contributed by atoms with Gasteiger partial charge >= 0.3 is 0 Å². The monoisotopic (exact) mass is 248 g/mol. The van der Waals surface area contributed by atoms with Crippen LogP contribution in [-0.2, 0) is 11.3 Å². The molecule has 0 fully saturated rings. The van der Waals surface area contributed by atoms with Crippen molar-refractivity contribution in [3.05, 3.63) is 34.5 Å². The maximum Gasteiger partial charge on any atom is 0.128 e. The summed E-state index contributed by atoms with van der Waals surface area (Å²) in [6, 6.07) is 8.13. The molecule has 0 radical (unpaired) electrons. The minimum atomic E-state index is 0.491. The van der Waals surface area contributed by atoms with Gasteiger partial charge in [0, 0.05) is 19.0 Å². The second kappa shape index (κ2) is 4.79. The van der Waals surface area contributed by atoms with E-state index in [0.29, 0.717) is 23.9 Å². The number of aryl methyl sites for hydroxylation is 1. The zero-order chi connectivity index (χ0) is 12.4. The van der Waals surface area contributed by atoms with Gasteiger partial charge in [0.05, 0.1) is 17.7 Å². The summed E-state index contributed by atoms with van der Waals surface area (Å²) in [4.78, 5) is 0. The second-order valence-electron chi connectivity index (χ2n) is 3.94. The van der Waals surface area contributed by atoms with Gasteiger partial charge < -0.3 is 9.30 Å². The van der Waals surface area contributed by atoms with Crippen LogP contribution in [0.5, 0.6) is 0 Å². The first-order valence-corrected chi connectivity index (χ1v) is 5.74. The van der Waals surface area contributed by atoms with Crippen molar-refractivity contribution in [2.45, 2.75) is 13.5 Å². The predicted octanol–water partition coefficient (Wildman–Crippen LogP) is 3.12. The van der Waals surface area contributed by atoms with Crippen molar-refractivity contribution >= 4 is 22.5 Å². The molecule has 0 unspecified atom stereocenters. The van der Waals surface area contributed by atoms with Gasteiger partial charge in [-0.2, -0.15) is 5.26 Å². The number of rotatable bonds is 3. The Balaban J connectivity index is 2.68. The molecule has 0 amide bonds. The molecule has 88 valence electrons. The Hall–Kier alpha value is -1.50. The molecule has 0 N–H and O–H groups in total. The lowest BCUT2D eigenvalue weighted by Crippen LogP contribution is -2.04. The number of halogens is 1. The van der Waals surface area contributed by atoms with Crippen LogP contribution in [0.25, 0.3) is 10.9 Å². The zero-order valence-electron chi connectivity index (χ0n) is 9.83. The summed E-state index contributed by atoms with van der Waals surface area (Å²) in [5, 5.41) is 10.5. The molecule has 17 heavy (non-hydrogen) atoms. The topological polar surface area (TPSA) is 38.0 Å². The van der Waals surface area contributed by atoms with Gasteiger partial charge in [-0.05, 0) is 18.6 Å². The fourth-order valence-corrected chi connectivity index (χ4v) is 2.26. The Bertz CT molecular complexity index is 595. The van der Waals surface area contributed by atoms with Crippen LogP contribution >= 0.6 is 11.6 Å². The summed E-state index contributed by atoms with van der Waals surface area (Å²) in [6.45, 7) is 3.24. The van der Waals surface area contributed by atoms with Gasteiger partial charge in [-0.15, -0.1) is 0 Å². The van der Waals surface area contributed by atoms with Crippen molar-refractivity contribution in [1.29, 1.82) is 5.26 Å². The molecule has 3 nitrogen and oxygen atoms in total. The Labute approximate surface area is 105 Å². The number of aromatic nitrogens is 1. The van der Waals surface area contributed by atoms with E-state index in [1.54, 1.807) is 7.11 Å². The van der Waals surface area contributed by atoms with Crippen molar-refractivity contribution in [2.24, 2.45) is 0 Å². The van der Waals surface area contributed by atoms with Gasteiger partial charge in [-0.25, -0.2) is 0 Å². The third-order valence-corrected chi connectivity index (χ3v) is 3.18. The Kier molecular flexibility index (Phi) is 3.37. The van der Waals surface area contributed by atoms with E-state index >= 15 is 0 Å². The first-order chi connectivity index (χ1) is 8.19. The molecule has 0 aliphatic heterocycles. The van der Waals surface area contributed by atoms with Crippen molar-refractivity contribution in [3.63, 3.8) is 0 Å². The van der Waals surface area contributed by atoms with Crippen LogP contribution in [0, 0.1) is 18.3 Å². The SMILES string of the molecule is COCCn1c(Cl)c(C#N)c2ccc(C)cc21. The van der Waals surface area contributed by atoms with Crippen LogP contribution in [0.4, 0.5) is 0 Å². The standard InChI is InChI=1S/C13H13ClN2O/c1-9-3-4-10-11(8-15)13(14)16(5-6-17-2)12(10)7-9/h3-4,7H,5-6H2,1-2H3. The molecule has 1 heterocycles. The van der Waals surface area contributed by atoms with E-state index in [9.17, 15) is 0 Å². The maximum atomic E-state index is 9.15. The van der Waals surface area contributed by atoms with Gasteiger partial charge in [-0.3, -0.25) is 0 Å². The van der Waals surface area contributed by atoms with Crippen molar-refractivity contribution < 1.29 is 4.74 Å². The normalized spacial score (nSPS) is 10.7. The zero-order valence-corrected chi connectivity index (χ0v) is 10.6. The third-order valence-electron chi connectivity index (χ3n) is 2.79. The lowest BCUT2D eigenvalue weighted by Gasteiger charge is -2.06. The molecule has 2 aromatic rings. The minimum Gasteiger partial charge on any atom is -0.383 e. The molecule has 0 aliphatic carbocycles.